The van der Waals surface area contributed by atoms with Gasteiger partial charge in [-0.1, -0.05) is 110 Å². The van der Waals surface area contributed by atoms with E-state index in [1.54, 1.807) is 0 Å². The summed E-state index contributed by atoms with van der Waals surface area (Å²) >= 11 is 0. The summed E-state index contributed by atoms with van der Waals surface area (Å²) in [7, 11) is -3.03. The van der Waals surface area contributed by atoms with E-state index in [0.29, 0.717) is 19.8 Å². The van der Waals surface area contributed by atoms with E-state index in [-0.39, 0.29) is 5.73 Å². The molecule has 0 amide bonds. The van der Waals surface area contributed by atoms with Crippen molar-refractivity contribution in [2.45, 2.75) is 39.8 Å². The Balaban J connectivity index is 1.81. The molecule has 0 aliphatic heterocycles. The maximum atomic E-state index is 6.57. The van der Waals surface area contributed by atoms with E-state index in [1.165, 1.54) is 21.9 Å². The van der Waals surface area contributed by atoms with Crippen LogP contribution < -0.4 is 26.6 Å². The first-order valence-corrected chi connectivity index (χ1v) is 16.0. The Bertz CT molecular complexity index is 1140. The van der Waals surface area contributed by atoms with E-state index >= 15 is 0 Å². The van der Waals surface area contributed by atoms with E-state index < -0.39 is 15.0 Å². The van der Waals surface area contributed by atoms with Crippen LogP contribution in [-0.4, -0.2) is 40.5 Å². The second kappa shape index (κ2) is 13.8. The van der Waals surface area contributed by atoms with Crippen LogP contribution in [0.5, 0.6) is 5.75 Å². The summed E-state index contributed by atoms with van der Waals surface area (Å²) < 4.78 is 25.0. The predicted octanol–water partition coefficient (Wildman–Crippen LogP) is 4.81. The highest BCUT2D eigenvalue weighted by molar-refractivity contribution is 7.19. The lowest BCUT2D eigenvalue weighted by Gasteiger charge is -2.44. The Labute approximate surface area is 235 Å². The molecule has 0 saturated carbocycles. The minimum Gasteiger partial charge on any atom is -0.486 e. The van der Waals surface area contributed by atoms with Gasteiger partial charge in [-0.25, -0.2) is 0 Å². The van der Waals surface area contributed by atoms with E-state index in [2.05, 4.69) is 122 Å². The van der Waals surface area contributed by atoms with Crippen molar-refractivity contribution in [3.8, 4) is 5.75 Å². The fourth-order valence-corrected chi connectivity index (χ4v) is 8.59. The summed E-state index contributed by atoms with van der Waals surface area (Å²) in [5.41, 5.74) is 4.74. The summed E-state index contributed by atoms with van der Waals surface area (Å²) in [5.74, 6) is 0.778. The van der Waals surface area contributed by atoms with Crippen molar-refractivity contribution in [3.05, 3.63) is 115 Å². The molecule has 0 radical (unpaired) electrons. The van der Waals surface area contributed by atoms with E-state index in [0.717, 1.165) is 12.2 Å². The molecule has 4 rings (SSSR count). The summed E-state index contributed by atoms with van der Waals surface area (Å²) in [6, 6.07) is 41.0. The van der Waals surface area contributed by atoms with Crippen molar-refractivity contribution >= 4 is 36.8 Å². The zero-order chi connectivity index (χ0) is 27.6. The van der Waals surface area contributed by atoms with Gasteiger partial charge in [0.15, 0.2) is 5.73 Å². The fourth-order valence-electron chi connectivity index (χ4n) is 5.79. The van der Waals surface area contributed by atoms with Crippen LogP contribution in [0.4, 0.5) is 0 Å². The van der Waals surface area contributed by atoms with E-state index in [1.807, 2.05) is 20.8 Å². The highest BCUT2D eigenvalue weighted by Crippen LogP contribution is 2.24. The predicted molar refractivity (Wildman–Crippen MR) is 165 cm³/mol. The summed E-state index contributed by atoms with van der Waals surface area (Å²) in [6.45, 7) is 9.55. The van der Waals surface area contributed by atoms with E-state index in [4.69, 9.17) is 18.0 Å². The van der Waals surface area contributed by atoms with Gasteiger partial charge in [-0.05, 0) is 39.3 Å². The molecule has 204 valence electrons. The van der Waals surface area contributed by atoms with Crippen LogP contribution in [0.25, 0.3) is 0 Å². The Kier molecular flexibility index (Phi) is 10.2. The van der Waals surface area contributed by atoms with Gasteiger partial charge in [-0.3, -0.25) is 0 Å². The first kappa shape index (κ1) is 28.8. The average Bonchev–Trinajstić information content (AvgIpc) is 2.99. The van der Waals surface area contributed by atoms with Crippen molar-refractivity contribution < 1.29 is 18.0 Å². The molecule has 0 saturated heterocycles. The molecule has 0 spiro atoms. The second-order valence-corrected chi connectivity index (χ2v) is 12.3. The molecule has 0 fully saturated rings. The molecule has 0 N–H and O–H groups in total. The van der Waals surface area contributed by atoms with Gasteiger partial charge in [0.05, 0.1) is 0 Å². The Hall–Kier alpha value is -3.16. The number of hydrogen-bond donors (Lipinski definition) is 0. The largest absolute Gasteiger partial charge is 0.543 e. The van der Waals surface area contributed by atoms with Gasteiger partial charge in [0, 0.05) is 19.8 Å². The molecule has 4 aromatic carbocycles. The normalized spacial score (nSPS) is 12.7. The minimum atomic E-state index is -3.03. The topological polar surface area (TPSA) is 36.9 Å². The van der Waals surface area contributed by atoms with Crippen LogP contribution in [0, 0.1) is 0 Å². The molecule has 1 atom stereocenters. The molecular formula is C33H40BO4Si-. The maximum absolute atomic E-state index is 6.57. The van der Waals surface area contributed by atoms with Crippen LogP contribution in [0.1, 0.15) is 34.1 Å². The first-order chi connectivity index (χ1) is 19.1. The van der Waals surface area contributed by atoms with Gasteiger partial charge in [-0.15, -0.1) is 0 Å². The third-order valence-electron chi connectivity index (χ3n) is 7.36. The molecular weight excluding hydrogens is 499 g/mol. The van der Waals surface area contributed by atoms with Crippen molar-refractivity contribution in [1.29, 1.82) is 0 Å². The van der Waals surface area contributed by atoms with Crippen molar-refractivity contribution in [2.75, 3.05) is 19.8 Å². The zero-order valence-electron chi connectivity index (χ0n) is 23.6. The highest BCUT2D eigenvalue weighted by Gasteiger charge is 2.50. The lowest BCUT2D eigenvalue weighted by atomic mass is 9.13. The molecule has 39 heavy (non-hydrogen) atoms. The molecule has 0 bridgehead atoms. The maximum Gasteiger partial charge on any atom is 0.543 e. The van der Waals surface area contributed by atoms with Crippen molar-refractivity contribution in [3.63, 3.8) is 0 Å². The van der Waals surface area contributed by atoms with Crippen LogP contribution in [0.3, 0.4) is 0 Å². The number of benzene rings is 4. The van der Waals surface area contributed by atoms with Gasteiger partial charge in [-0.2, -0.15) is 21.9 Å². The number of ether oxygens (including phenoxy) is 1. The standard InChI is InChI=1S/C33H40BO4Si/c1-5-33(39(35-6-2,36-7-3)37-8-4)38-32-26-24-31(25-27-32)34(28-18-12-9-13-19-28,29-20-14-10-15-21-29)30-22-16-11-17-23-30/h9-27,33H,5-8H2,1-4H3/q-1. The smallest absolute Gasteiger partial charge is 0.486 e. The van der Waals surface area contributed by atoms with Crippen LogP contribution in [-0.2, 0) is 13.3 Å². The summed E-state index contributed by atoms with van der Waals surface area (Å²) in [5, 5.41) is 0. The molecule has 0 heterocycles. The fraction of sp³-hybridized carbons (Fsp3) is 0.273. The van der Waals surface area contributed by atoms with E-state index in [9.17, 15) is 0 Å². The Morgan fingerprint density at radius 3 is 1.21 bits per heavy atom. The lowest BCUT2D eigenvalue weighted by Crippen LogP contribution is -2.74. The first-order valence-electron chi connectivity index (χ1n) is 14.2. The third kappa shape index (κ3) is 6.05. The molecule has 0 aromatic heterocycles. The lowest BCUT2D eigenvalue weighted by molar-refractivity contribution is 0.0283. The van der Waals surface area contributed by atoms with Gasteiger partial charge in [0.1, 0.15) is 11.9 Å². The van der Waals surface area contributed by atoms with Gasteiger partial charge in [0.2, 0.25) is 0 Å². The SMILES string of the molecule is CCO[Si](OCC)(OCC)C(CC)Oc1ccc([B-](c2ccccc2)(c2ccccc2)c2ccccc2)cc1. The van der Waals surface area contributed by atoms with Crippen LogP contribution in [0.15, 0.2) is 115 Å². The minimum absolute atomic E-state index is 0.296. The number of rotatable bonds is 14. The molecule has 0 aliphatic carbocycles. The van der Waals surface area contributed by atoms with Crippen LogP contribution >= 0.6 is 0 Å². The van der Waals surface area contributed by atoms with Crippen molar-refractivity contribution in [2.24, 2.45) is 0 Å². The highest BCUT2D eigenvalue weighted by atomic mass is 28.4. The molecule has 1 unspecified atom stereocenters. The van der Waals surface area contributed by atoms with Gasteiger partial charge < -0.3 is 18.0 Å². The molecule has 0 aliphatic rings. The van der Waals surface area contributed by atoms with Gasteiger partial charge in [0.25, 0.3) is 0 Å². The summed E-state index contributed by atoms with van der Waals surface area (Å²) in [4.78, 5) is 0. The molecule has 6 heteroatoms. The second-order valence-electron chi connectivity index (χ2n) is 9.58. The van der Waals surface area contributed by atoms with Crippen LogP contribution in [0.2, 0.25) is 0 Å². The number of hydrogen-bond acceptors (Lipinski definition) is 4. The Morgan fingerprint density at radius 1 is 0.513 bits per heavy atom. The summed E-state index contributed by atoms with van der Waals surface area (Å²) in [6.07, 6.45) is -0.704. The quantitative estimate of drug-likeness (QED) is 0.216. The molecule has 4 aromatic rings. The molecule has 4 nitrogen and oxygen atoms in total. The van der Waals surface area contributed by atoms with Crippen molar-refractivity contribution in [1.82, 2.24) is 0 Å². The van der Waals surface area contributed by atoms with Gasteiger partial charge >= 0.3 is 8.80 Å². The average molecular weight is 540 g/mol. The zero-order valence-corrected chi connectivity index (χ0v) is 24.6. The third-order valence-corrected chi connectivity index (χ3v) is 10.7. The Morgan fingerprint density at radius 2 is 0.872 bits per heavy atom. The monoisotopic (exact) mass is 539 g/mol.